The highest BCUT2D eigenvalue weighted by molar-refractivity contribution is 5.51. The van der Waals surface area contributed by atoms with Crippen LogP contribution in [0.3, 0.4) is 0 Å². The van der Waals surface area contributed by atoms with E-state index in [1.807, 2.05) is 0 Å². The molecule has 1 heterocycles. The predicted octanol–water partition coefficient (Wildman–Crippen LogP) is 2.12. The summed E-state index contributed by atoms with van der Waals surface area (Å²) in [5, 5.41) is 0. The van der Waals surface area contributed by atoms with Crippen molar-refractivity contribution in [1.82, 2.24) is 0 Å². The molecule has 0 unspecified atom stereocenters. The number of aldehydes is 1. The minimum absolute atomic E-state index is 0.316. The molecule has 3 nitrogen and oxygen atoms in total. The van der Waals surface area contributed by atoms with Gasteiger partial charge >= 0.3 is 0 Å². The highest BCUT2D eigenvalue weighted by atomic mass is 19.1. The van der Waals surface area contributed by atoms with E-state index in [0.29, 0.717) is 43.1 Å². The van der Waals surface area contributed by atoms with Crippen LogP contribution in [0.25, 0.3) is 0 Å². The first-order valence-corrected chi connectivity index (χ1v) is 5.33. The SMILES string of the molecule is O=CCCc1cc2c(cc1F)OCCCO2. The van der Waals surface area contributed by atoms with Gasteiger partial charge in [-0.05, 0) is 18.1 Å². The number of rotatable bonds is 3. The average Bonchev–Trinajstić information content (AvgIpc) is 2.50. The van der Waals surface area contributed by atoms with Crippen LogP contribution in [0.15, 0.2) is 12.1 Å². The second-order valence-corrected chi connectivity index (χ2v) is 3.65. The van der Waals surface area contributed by atoms with Crippen molar-refractivity contribution in [2.24, 2.45) is 0 Å². The van der Waals surface area contributed by atoms with Gasteiger partial charge in [-0.25, -0.2) is 4.39 Å². The monoisotopic (exact) mass is 224 g/mol. The summed E-state index contributed by atoms with van der Waals surface area (Å²) in [6, 6.07) is 2.96. The van der Waals surface area contributed by atoms with Crippen LogP contribution in [-0.2, 0) is 11.2 Å². The standard InChI is InChI=1S/C12H13FO3/c13-10-8-12-11(15-5-2-6-16-12)7-9(10)3-1-4-14/h4,7-8H,1-3,5-6H2. The van der Waals surface area contributed by atoms with Gasteiger partial charge in [0.2, 0.25) is 0 Å². The van der Waals surface area contributed by atoms with Crippen LogP contribution < -0.4 is 9.47 Å². The van der Waals surface area contributed by atoms with Gasteiger partial charge in [0.1, 0.15) is 12.1 Å². The molecular weight excluding hydrogens is 211 g/mol. The Labute approximate surface area is 93.2 Å². The van der Waals surface area contributed by atoms with E-state index in [0.717, 1.165) is 12.7 Å². The zero-order valence-corrected chi connectivity index (χ0v) is 8.87. The molecule has 0 fully saturated rings. The maximum atomic E-state index is 13.6. The number of hydrogen-bond donors (Lipinski definition) is 0. The number of benzene rings is 1. The van der Waals surface area contributed by atoms with Gasteiger partial charge < -0.3 is 14.3 Å². The zero-order chi connectivity index (χ0) is 11.4. The van der Waals surface area contributed by atoms with Crippen molar-refractivity contribution < 1.29 is 18.7 Å². The molecule has 16 heavy (non-hydrogen) atoms. The fourth-order valence-electron chi connectivity index (χ4n) is 1.63. The largest absolute Gasteiger partial charge is 0.490 e. The zero-order valence-electron chi connectivity index (χ0n) is 8.87. The van der Waals surface area contributed by atoms with E-state index < -0.39 is 0 Å². The lowest BCUT2D eigenvalue weighted by molar-refractivity contribution is -0.107. The molecule has 4 heteroatoms. The molecule has 2 rings (SSSR count). The van der Waals surface area contributed by atoms with Crippen molar-refractivity contribution in [3.05, 3.63) is 23.5 Å². The molecule has 0 amide bonds. The summed E-state index contributed by atoms with van der Waals surface area (Å²) in [7, 11) is 0. The first-order chi connectivity index (χ1) is 7.81. The highest BCUT2D eigenvalue weighted by Crippen LogP contribution is 2.32. The number of fused-ring (bicyclic) bond motifs is 1. The molecule has 1 aromatic carbocycles. The summed E-state index contributed by atoms with van der Waals surface area (Å²) in [6.45, 7) is 1.12. The molecule has 1 aliphatic heterocycles. The number of hydrogen-bond acceptors (Lipinski definition) is 3. The van der Waals surface area contributed by atoms with Gasteiger partial charge in [0.25, 0.3) is 0 Å². The lowest BCUT2D eigenvalue weighted by atomic mass is 10.1. The summed E-state index contributed by atoms with van der Waals surface area (Å²) >= 11 is 0. The van der Waals surface area contributed by atoms with Gasteiger partial charge in [0, 0.05) is 18.9 Å². The van der Waals surface area contributed by atoms with Crippen LogP contribution in [0.2, 0.25) is 0 Å². The first-order valence-electron chi connectivity index (χ1n) is 5.33. The number of halogens is 1. The Morgan fingerprint density at radius 3 is 2.62 bits per heavy atom. The molecule has 0 saturated carbocycles. The number of carbonyl (C=O) groups excluding carboxylic acids is 1. The maximum Gasteiger partial charge on any atom is 0.164 e. The summed E-state index contributed by atoms with van der Waals surface area (Å²) in [5.74, 6) is 0.677. The lowest BCUT2D eigenvalue weighted by Crippen LogP contribution is -1.97. The molecule has 0 radical (unpaired) electrons. The Balaban J connectivity index is 2.27. The third-order valence-corrected chi connectivity index (χ3v) is 2.45. The van der Waals surface area contributed by atoms with Gasteiger partial charge in [-0.1, -0.05) is 0 Å². The third-order valence-electron chi connectivity index (χ3n) is 2.45. The van der Waals surface area contributed by atoms with Crippen molar-refractivity contribution in [2.45, 2.75) is 19.3 Å². The molecule has 0 bridgehead atoms. The molecule has 0 atom stereocenters. The minimum Gasteiger partial charge on any atom is -0.490 e. The smallest absolute Gasteiger partial charge is 0.164 e. The van der Waals surface area contributed by atoms with Crippen LogP contribution in [0.1, 0.15) is 18.4 Å². The van der Waals surface area contributed by atoms with Gasteiger partial charge in [0.15, 0.2) is 11.5 Å². The molecule has 0 N–H and O–H groups in total. The van der Waals surface area contributed by atoms with Gasteiger partial charge in [-0.2, -0.15) is 0 Å². The molecule has 0 aromatic heterocycles. The average molecular weight is 224 g/mol. The lowest BCUT2D eigenvalue weighted by Gasteiger charge is -2.09. The van der Waals surface area contributed by atoms with Crippen LogP contribution in [0, 0.1) is 5.82 Å². The van der Waals surface area contributed by atoms with E-state index in [4.69, 9.17) is 9.47 Å². The highest BCUT2D eigenvalue weighted by Gasteiger charge is 2.14. The molecular formula is C12H13FO3. The molecule has 0 aliphatic carbocycles. The van der Waals surface area contributed by atoms with Crippen LogP contribution in [0.5, 0.6) is 11.5 Å². The van der Waals surface area contributed by atoms with Crippen molar-refractivity contribution in [3.8, 4) is 11.5 Å². The first kappa shape index (κ1) is 10.9. The van der Waals surface area contributed by atoms with E-state index in [-0.39, 0.29) is 5.82 Å². The second-order valence-electron chi connectivity index (χ2n) is 3.65. The van der Waals surface area contributed by atoms with Crippen molar-refractivity contribution in [2.75, 3.05) is 13.2 Å². The normalized spacial score (nSPS) is 14.3. The van der Waals surface area contributed by atoms with E-state index in [1.165, 1.54) is 6.07 Å². The van der Waals surface area contributed by atoms with Gasteiger partial charge in [-0.15, -0.1) is 0 Å². The summed E-state index contributed by atoms with van der Waals surface area (Å²) in [4.78, 5) is 10.3. The Kier molecular flexibility index (Phi) is 3.39. The third kappa shape index (κ3) is 2.32. The van der Waals surface area contributed by atoms with Crippen molar-refractivity contribution >= 4 is 6.29 Å². The van der Waals surface area contributed by atoms with E-state index in [9.17, 15) is 9.18 Å². The number of carbonyl (C=O) groups is 1. The summed E-state index contributed by atoms with van der Waals surface area (Å²) in [5.41, 5.74) is 0.497. The molecule has 1 aliphatic rings. The van der Waals surface area contributed by atoms with E-state index >= 15 is 0 Å². The topological polar surface area (TPSA) is 35.5 Å². The Morgan fingerprint density at radius 1 is 1.25 bits per heavy atom. The molecule has 0 saturated heterocycles. The van der Waals surface area contributed by atoms with E-state index in [2.05, 4.69) is 0 Å². The second kappa shape index (κ2) is 4.96. The molecule has 86 valence electrons. The fourth-order valence-corrected chi connectivity index (χ4v) is 1.63. The summed E-state index contributed by atoms with van der Waals surface area (Å²) < 4.78 is 24.4. The van der Waals surface area contributed by atoms with Crippen molar-refractivity contribution in [1.29, 1.82) is 0 Å². The number of aryl methyl sites for hydroxylation is 1. The minimum atomic E-state index is -0.342. The van der Waals surface area contributed by atoms with Crippen molar-refractivity contribution in [3.63, 3.8) is 0 Å². The fraction of sp³-hybridized carbons (Fsp3) is 0.417. The van der Waals surface area contributed by atoms with Crippen LogP contribution >= 0.6 is 0 Å². The quantitative estimate of drug-likeness (QED) is 0.738. The predicted molar refractivity (Wildman–Crippen MR) is 56.4 cm³/mol. The Morgan fingerprint density at radius 2 is 1.94 bits per heavy atom. The van der Waals surface area contributed by atoms with Crippen LogP contribution in [0.4, 0.5) is 4.39 Å². The maximum absolute atomic E-state index is 13.6. The molecule has 0 spiro atoms. The number of ether oxygens (including phenoxy) is 2. The van der Waals surface area contributed by atoms with Gasteiger partial charge in [0.05, 0.1) is 13.2 Å². The van der Waals surface area contributed by atoms with Crippen LogP contribution in [-0.4, -0.2) is 19.5 Å². The summed E-state index contributed by atoms with van der Waals surface area (Å²) in [6.07, 6.45) is 2.28. The molecule has 1 aromatic rings. The Hall–Kier alpha value is -1.58. The van der Waals surface area contributed by atoms with E-state index in [1.54, 1.807) is 6.07 Å². The Bertz CT molecular complexity index is 390. The van der Waals surface area contributed by atoms with Gasteiger partial charge in [-0.3, -0.25) is 0 Å².